The molecular weight excluding hydrogens is 500 g/mol. The summed E-state index contributed by atoms with van der Waals surface area (Å²) < 4.78 is 15.4. The molecule has 4 aromatic heterocycles. The molecule has 1 aromatic carbocycles. The number of pyridine rings is 1. The average Bonchev–Trinajstić information content (AvgIpc) is 3.58. The first kappa shape index (κ1) is 23.8. The van der Waals surface area contributed by atoms with Crippen LogP contribution in [0, 0.1) is 0 Å². The fraction of sp³-hybridized carbons (Fsp3) is 0.333. The Balaban J connectivity index is 1.13. The third-order valence-corrected chi connectivity index (χ3v) is 7.50. The van der Waals surface area contributed by atoms with Gasteiger partial charge in [0.05, 0.1) is 16.9 Å². The van der Waals surface area contributed by atoms with Crippen LogP contribution in [0.15, 0.2) is 55.0 Å². The number of aliphatic hydroxyl groups excluding tert-OH is 2. The first-order valence-electron chi connectivity index (χ1n) is 12.9. The third kappa shape index (κ3) is 4.04. The number of aliphatic hydroxyl groups is 2. The first-order chi connectivity index (χ1) is 19.0. The molecule has 2 aliphatic rings. The van der Waals surface area contributed by atoms with Gasteiger partial charge in [0.25, 0.3) is 0 Å². The van der Waals surface area contributed by atoms with Gasteiger partial charge in [-0.3, -0.25) is 4.68 Å². The second-order valence-electron chi connectivity index (χ2n) is 10.0. The number of nitrogens with two attached hydrogens (primary N) is 1. The van der Waals surface area contributed by atoms with Crippen LogP contribution < -0.4 is 15.4 Å². The molecule has 5 aromatic rings. The van der Waals surface area contributed by atoms with Crippen molar-refractivity contribution in [1.29, 1.82) is 0 Å². The lowest BCUT2D eigenvalue weighted by Crippen LogP contribution is -2.37. The van der Waals surface area contributed by atoms with E-state index in [1.165, 1.54) is 12.7 Å². The molecule has 12 nitrogen and oxygen atoms in total. The quantitative estimate of drug-likeness (QED) is 0.297. The molecule has 0 unspecified atom stereocenters. The lowest BCUT2D eigenvalue weighted by atomic mass is 10.1. The molecule has 0 amide bonds. The highest BCUT2D eigenvalue weighted by Gasteiger charge is 2.45. The van der Waals surface area contributed by atoms with Crippen molar-refractivity contribution in [2.75, 3.05) is 30.3 Å². The Morgan fingerprint density at radius 2 is 1.95 bits per heavy atom. The van der Waals surface area contributed by atoms with Crippen molar-refractivity contribution in [2.24, 2.45) is 7.05 Å². The summed E-state index contributed by atoms with van der Waals surface area (Å²) >= 11 is 0. The lowest BCUT2D eigenvalue weighted by molar-refractivity contribution is -0.0187. The molecule has 0 spiro atoms. The summed E-state index contributed by atoms with van der Waals surface area (Å²) in [6.45, 7) is 2.08. The average molecular weight is 529 g/mol. The number of ether oxygens (including phenoxy) is 2. The number of aromatic nitrogens is 6. The van der Waals surface area contributed by atoms with Crippen LogP contribution in [0.3, 0.4) is 0 Å². The molecule has 4 atom stereocenters. The summed E-state index contributed by atoms with van der Waals surface area (Å²) in [7, 11) is 1.82. The Morgan fingerprint density at radius 1 is 1.10 bits per heavy atom. The SMILES string of the molecule is Cn1ccc(-c2cc([C@@H]3O[C@H](COc4ccc5ccc(N6CCC6)nc5c4)[C@@H](O)[C@H]3O)n3ncnc(N)c23)n1. The summed E-state index contributed by atoms with van der Waals surface area (Å²) in [5.41, 5.74) is 9.50. The normalized spacial score (nSPS) is 23.0. The maximum atomic E-state index is 11.0. The molecule has 2 saturated heterocycles. The zero-order valence-corrected chi connectivity index (χ0v) is 21.3. The second-order valence-corrected chi connectivity index (χ2v) is 10.0. The molecule has 0 saturated carbocycles. The first-order valence-corrected chi connectivity index (χ1v) is 12.9. The second kappa shape index (κ2) is 9.19. The number of benzene rings is 1. The summed E-state index contributed by atoms with van der Waals surface area (Å²) in [4.78, 5) is 11.1. The van der Waals surface area contributed by atoms with E-state index in [4.69, 9.17) is 20.2 Å². The summed E-state index contributed by atoms with van der Waals surface area (Å²) in [5, 5.41) is 31.7. The topological polar surface area (TPSA) is 149 Å². The van der Waals surface area contributed by atoms with Gasteiger partial charge in [0.15, 0.2) is 5.82 Å². The predicted molar refractivity (Wildman–Crippen MR) is 143 cm³/mol. The van der Waals surface area contributed by atoms with Crippen LogP contribution in [0.25, 0.3) is 27.7 Å². The molecule has 0 radical (unpaired) electrons. The van der Waals surface area contributed by atoms with Crippen LogP contribution >= 0.6 is 0 Å². The molecular formula is C27H28N8O4. The van der Waals surface area contributed by atoms with Crippen LogP contribution in [0.5, 0.6) is 5.75 Å². The molecule has 2 fully saturated rings. The Bertz CT molecular complexity index is 1680. The fourth-order valence-electron chi connectivity index (χ4n) is 5.26. The minimum absolute atomic E-state index is 0.0412. The van der Waals surface area contributed by atoms with E-state index in [1.54, 1.807) is 9.20 Å². The van der Waals surface area contributed by atoms with Crippen molar-refractivity contribution >= 4 is 28.1 Å². The highest BCUT2D eigenvalue weighted by molar-refractivity contribution is 5.87. The molecule has 39 heavy (non-hydrogen) atoms. The van der Waals surface area contributed by atoms with E-state index < -0.39 is 24.4 Å². The zero-order valence-electron chi connectivity index (χ0n) is 21.3. The number of nitrogens with zero attached hydrogens (tertiary/aromatic N) is 7. The van der Waals surface area contributed by atoms with Gasteiger partial charge in [-0.25, -0.2) is 14.5 Å². The highest BCUT2D eigenvalue weighted by atomic mass is 16.6. The predicted octanol–water partition coefficient (Wildman–Crippen LogP) is 1.71. The Labute approximate surface area is 223 Å². The number of hydrogen-bond acceptors (Lipinski definition) is 10. The van der Waals surface area contributed by atoms with Gasteiger partial charge in [-0.15, -0.1) is 0 Å². The summed E-state index contributed by atoms with van der Waals surface area (Å²) in [6.07, 6.45) is 0.326. The van der Waals surface area contributed by atoms with Crippen molar-refractivity contribution in [3.05, 3.63) is 60.7 Å². The van der Waals surface area contributed by atoms with E-state index in [-0.39, 0.29) is 12.4 Å². The van der Waals surface area contributed by atoms with E-state index in [1.807, 2.05) is 49.6 Å². The van der Waals surface area contributed by atoms with Crippen LogP contribution in [-0.4, -0.2) is 77.6 Å². The molecule has 7 rings (SSSR count). The minimum Gasteiger partial charge on any atom is -0.491 e. The number of rotatable bonds is 6. The van der Waals surface area contributed by atoms with Gasteiger partial charge in [-0.05, 0) is 42.8 Å². The van der Waals surface area contributed by atoms with Crippen LogP contribution in [0.2, 0.25) is 0 Å². The van der Waals surface area contributed by atoms with E-state index >= 15 is 0 Å². The van der Waals surface area contributed by atoms with E-state index in [0.717, 1.165) is 29.8 Å². The van der Waals surface area contributed by atoms with Crippen LogP contribution in [0.1, 0.15) is 18.2 Å². The van der Waals surface area contributed by atoms with Gasteiger partial charge in [-0.1, -0.05) is 0 Å². The largest absolute Gasteiger partial charge is 0.491 e. The number of fused-ring (bicyclic) bond motifs is 2. The van der Waals surface area contributed by atoms with E-state index in [0.29, 0.717) is 28.2 Å². The Hall–Kier alpha value is -4.26. The molecule has 12 heteroatoms. The lowest BCUT2D eigenvalue weighted by Gasteiger charge is -2.32. The summed E-state index contributed by atoms with van der Waals surface area (Å²) in [5.74, 6) is 1.84. The third-order valence-electron chi connectivity index (χ3n) is 7.50. The number of nitrogen functional groups attached to an aromatic ring is 1. The molecule has 6 heterocycles. The van der Waals surface area contributed by atoms with E-state index in [9.17, 15) is 10.2 Å². The van der Waals surface area contributed by atoms with Crippen molar-refractivity contribution in [2.45, 2.75) is 30.8 Å². The van der Waals surface area contributed by atoms with Crippen molar-refractivity contribution < 1.29 is 19.7 Å². The molecule has 2 aliphatic heterocycles. The molecule has 4 N–H and O–H groups in total. The maximum Gasteiger partial charge on any atom is 0.152 e. The van der Waals surface area contributed by atoms with Crippen LogP contribution in [-0.2, 0) is 11.8 Å². The maximum absolute atomic E-state index is 11.0. The zero-order chi connectivity index (χ0) is 26.7. The molecule has 0 aliphatic carbocycles. The monoisotopic (exact) mass is 528 g/mol. The van der Waals surface area contributed by atoms with E-state index in [2.05, 4.69) is 26.1 Å². The highest BCUT2D eigenvalue weighted by Crippen LogP contribution is 2.39. The van der Waals surface area contributed by atoms with Gasteiger partial charge < -0.3 is 30.3 Å². The van der Waals surface area contributed by atoms with Gasteiger partial charge >= 0.3 is 0 Å². The van der Waals surface area contributed by atoms with Gasteiger partial charge in [0.2, 0.25) is 0 Å². The standard InChI is InChI=1S/C27H28N8O4/c1-33-10-7-18(32-33)17-12-20(35-23(17)27(28)29-14-30-35)26-25(37)24(36)21(39-26)13-38-16-5-3-15-4-6-22(31-19(15)11-16)34-8-2-9-34/h3-7,10-12,14,21,24-26,36-37H,2,8-9,13H2,1H3,(H2,28,29,30)/t21-,24-,25-,26+/m1/s1. The van der Waals surface area contributed by atoms with Gasteiger partial charge in [-0.2, -0.15) is 10.2 Å². The molecule has 0 bridgehead atoms. The Kier molecular flexibility index (Phi) is 5.61. The fourth-order valence-corrected chi connectivity index (χ4v) is 5.26. The minimum atomic E-state index is -1.21. The van der Waals surface area contributed by atoms with Crippen molar-refractivity contribution in [1.82, 2.24) is 29.4 Å². The van der Waals surface area contributed by atoms with Crippen molar-refractivity contribution in [3.8, 4) is 17.0 Å². The number of anilines is 2. The van der Waals surface area contributed by atoms with Crippen molar-refractivity contribution in [3.63, 3.8) is 0 Å². The summed E-state index contributed by atoms with van der Waals surface area (Å²) in [6, 6.07) is 13.5. The smallest absolute Gasteiger partial charge is 0.152 e. The van der Waals surface area contributed by atoms with Crippen LogP contribution in [0.4, 0.5) is 11.6 Å². The Morgan fingerprint density at radius 3 is 2.72 bits per heavy atom. The molecule has 200 valence electrons. The van der Waals surface area contributed by atoms with Gasteiger partial charge in [0, 0.05) is 43.4 Å². The number of aryl methyl sites for hydroxylation is 1. The van der Waals surface area contributed by atoms with Gasteiger partial charge in [0.1, 0.15) is 54.4 Å². The number of hydrogen-bond donors (Lipinski definition) is 3.